The third-order valence-electron chi connectivity index (χ3n) is 4.75. The third-order valence-corrected chi connectivity index (χ3v) is 4.99. The Morgan fingerprint density at radius 1 is 1.03 bits per heavy atom. The lowest BCUT2D eigenvalue weighted by Gasteiger charge is -2.11. The van der Waals surface area contributed by atoms with Gasteiger partial charge in [0, 0.05) is 10.6 Å². The van der Waals surface area contributed by atoms with E-state index < -0.39 is 11.9 Å². The lowest BCUT2D eigenvalue weighted by molar-refractivity contribution is -0.129. The molecule has 0 saturated heterocycles. The first-order valence-corrected chi connectivity index (χ1v) is 10.1. The Morgan fingerprint density at radius 2 is 1.84 bits per heavy atom. The Balaban J connectivity index is 1.59. The molecule has 1 heterocycles. The van der Waals surface area contributed by atoms with Gasteiger partial charge in [-0.3, -0.25) is 0 Å². The van der Waals surface area contributed by atoms with Crippen LogP contribution in [0.4, 0.5) is 0 Å². The van der Waals surface area contributed by atoms with Crippen molar-refractivity contribution in [2.45, 2.75) is 6.92 Å². The molecule has 0 fully saturated rings. The minimum absolute atomic E-state index is 0.131. The first kappa shape index (κ1) is 21.3. The van der Waals surface area contributed by atoms with Crippen LogP contribution in [0.25, 0.3) is 6.08 Å². The second-order valence-electron chi connectivity index (χ2n) is 6.96. The Labute approximate surface area is 189 Å². The average molecular weight is 448 g/mol. The standard InChI is InChI=1S/C25H18ClNO5/c1-15-6-3-4-9-19(15)24(28)31-21-11-10-16(13-22(21)30-2)12-20-25(29)32-23(27-20)17-7-5-8-18(26)14-17/h3-14H,1-2H3/b20-12+. The number of ether oxygens (including phenoxy) is 3. The van der Waals surface area contributed by atoms with Crippen molar-refractivity contribution in [2.75, 3.05) is 7.11 Å². The summed E-state index contributed by atoms with van der Waals surface area (Å²) in [5, 5.41) is 0.513. The van der Waals surface area contributed by atoms with Crippen LogP contribution in [0.2, 0.25) is 5.02 Å². The topological polar surface area (TPSA) is 74.2 Å². The van der Waals surface area contributed by atoms with Crippen LogP contribution in [-0.2, 0) is 9.53 Å². The zero-order chi connectivity index (χ0) is 22.7. The normalized spacial score (nSPS) is 14.2. The van der Waals surface area contributed by atoms with Gasteiger partial charge in [0.1, 0.15) is 0 Å². The first-order valence-electron chi connectivity index (χ1n) is 9.69. The summed E-state index contributed by atoms with van der Waals surface area (Å²) in [5.74, 6) is -0.275. The SMILES string of the molecule is COc1cc(/C=C2/N=C(c3cccc(Cl)c3)OC2=O)ccc1OC(=O)c1ccccc1C. The van der Waals surface area contributed by atoms with Crippen molar-refractivity contribution in [3.63, 3.8) is 0 Å². The van der Waals surface area contributed by atoms with Gasteiger partial charge in [0.05, 0.1) is 12.7 Å². The monoisotopic (exact) mass is 447 g/mol. The van der Waals surface area contributed by atoms with Crippen molar-refractivity contribution in [2.24, 2.45) is 4.99 Å². The van der Waals surface area contributed by atoms with Gasteiger partial charge in [0.25, 0.3) is 0 Å². The van der Waals surface area contributed by atoms with Crippen LogP contribution >= 0.6 is 11.6 Å². The Bertz CT molecular complexity index is 1280. The summed E-state index contributed by atoms with van der Waals surface area (Å²) in [7, 11) is 1.47. The molecule has 32 heavy (non-hydrogen) atoms. The molecule has 0 saturated carbocycles. The molecule has 0 atom stereocenters. The summed E-state index contributed by atoms with van der Waals surface area (Å²) in [5.41, 5.74) is 2.64. The number of nitrogens with zero attached hydrogens (tertiary/aromatic N) is 1. The van der Waals surface area contributed by atoms with E-state index in [9.17, 15) is 9.59 Å². The zero-order valence-electron chi connectivity index (χ0n) is 17.3. The van der Waals surface area contributed by atoms with Crippen molar-refractivity contribution in [3.05, 3.63) is 99.7 Å². The quantitative estimate of drug-likeness (QED) is 0.304. The summed E-state index contributed by atoms with van der Waals surface area (Å²) in [6.07, 6.45) is 1.56. The Hall–Kier alpha value is -3.90. The molecular formula is C25H18ClNO5. The van der Waals surface area contributed by atoms with Crippen LogP contribution in [0.1, 0.15) is 27.0 Å². The van der Waals surface area contributed by atoms with Gasteiger partial charge in [-0.15, -0.1) is 0 Å². The van der Waals surface area contributed by atoms with Crippen molar-refractivity contribution < 1.29 is 23.8 Å². The zero-order valence-corrected chi connectivity index (χ0v) is 18.1. The molecule has 0 aliphatic carbocycles. The molecule has 0 N–H and O–H groups in total. The van der Waals surface area contributed by atoms with Gasteiger partial charge >= 0.3 is 11.9 Å². The molecule has 0 spiro atoms. The summed E-state index contributed by atoms with van der Waals surface area (Å²) in [6, 6.07) is 19.0. The molecule has 7 heteroatoms. The molecule has 3 aromatic rings. The summed E-state index contributed by atoms with van der Waals surface area (Å²) in [6.45, 7) is 1.84. The molecule has 0 amide bonds. The fraction of sp³-hybridized carbons (Fsp3) is 0.0800. The van der Waals surface area contributed by atoms with Gasteiger partial charge in [0.2, 0.25) is 5.90 Å². The van der Waals surface area contributed by atoms with Crippen LogP contribution in [0.5, 0.6) is 11.5 Å². The highest BCUT2D eigenvalue weighted by Gasteiger charge is 2.24. The van der Waals surface area contributed by atoms with E-state index in [2.05, 4.69) is 4.99 Å². The first-order chi connectivity index (χ1) is 15.4. The van der Waals surface area contributed by atoms with Gasteiger partial charge < -0.3 is 14.2 Å². The largest absolute Gasteiger partial charge is 0.493 e. The smallest absolute Gasteiger partial charge is 0.363 e. The van der Waals surface area contributed by atoms with Crippen LogP contribution in [-0.4, -0.2) is 24.9 Å². The summed E-state index contributed by atoms with van der Waals surface area (Å²) in [4.78, 5) is 29.1. The van der Waals surface area contributed by atoms with E-state index in [0.29, 0.717) is 27.5 Å². The van der Waals surface area contributed by atoms with E-state index in [1.165, 1.54) is 7.11 Å². The number of methoxy groups -OCH3 is 1. The maximum absolute atomic E-state index is 12.5. The Morgan fingerprint density at radius 3 is 2.59 bits per heavy atom. The van der Waals surface area contributed by atoms with E-state index in [1.807, 2.05) is 19.1 Å². The van der Waals surface area contributed by atoms with Crippen LogP contribution in [0.15, 0.2) is 77.4 Å². The lowest BCUT2D eigenvalue weighted by Crippen LogP contribution is -2.10. The van der Waals surface area contributed by atoms with E-state index in [-0.39, 0.29) is 17.3 Å². The molecule has 3 aromatic carbocycles. The molecule has 1 aliphatic rings. The molecule has 6 nitrogen and oxygen atoms in total. The van der Waals surface area contributed by atoms with E-state index in [1.54, 1.807) is 60.7 Å². The van der Waals surface area contributed by atoms with Gasteiger partial charge in [-0.1, -0.05) is 41.9 Å². The van der Waals surface area contributed by atoms with E-state index >= 15 is 0 Å². The predicted octanol–water partition coefficient (Wildman–Crippen LogP) is 5.22. The van der Waals surface area contributed by atoms with E-state index in [4.69, 9.17) is 25.8 Å². The van der Waals surface area contributed by atoms with Crippen LogP contribution in [0.3, 0.4) is 0 Å². The molecule has 0 aromatic heterocycles. The highest BCUT2D eigenvalue weighted by Crippen LogP contribution is 2.31. The van der Waals surface area contributed by atoms with Crippen LogP contribution < -0.4 is 9.47 Å². The minimum atomic E-state index is -0.575. The number of carbonyl (C=O) groups is 2. The highest BCUT2D eigenvalue weighted by atomic mass is 35.5. The van der Waals surface area contributed by atoms with Crippen molar-refractivity contribution in [1.29, 1.82) is 0 Å². The molecule has 0 unspecified atom stereocenters. The lowest BCUT2D eigenvalue weighted by atomic mass is 10.1. The second kappa shape index (κ2) is 9.08. The highest BCUT2D eigenvalue weighted by molar-refractivity contribution is 6.31. The van der Waals surface area contributed by atoms with Crippen molar-refractivity contribution in [3.8, 4) is 11.5 Å². The number of rotatable bonds is 5. The molecule has 160 valence electrons. The number of carbonyl (C=O) groups excluding carboxylic acids is 2. The maximum atomic E-state index is 12.5. The molecule has 1 aliphatic heterocycles. The average Bonchev–Trinajstić information content (AvgIpc) is 3.15. The number of hydrogen-bond acceptors (Lipinski definition) is 6. The summed E-state index contributed by atoms with van der Waals surface area (Å²) < 4.78 is 16.2. The second-order valence-corrected chi connectivity index (χ2v) is 7.40. The van der Waals surface area contributed by atoms with Gasteiger partial charge in [-0.25, -0.2) is 14.6 Å². The van der Waals surface area contributed by atoms with Crippen molar-refractivity contribution in [1.82, 2.24) is 0 Å². The molecule has 0 radical (unpaired) electrons. The minimum Gasteiger partial charge on any atom is -0.493 e. The third kappa shape index (κ3) is 4.55. The number of esters is 2. The summed E-state index contributed by atoms with van der Waals surface area (Å²) >= 11 is 6.00. The Kier molecular flexibility index (Phi) is 6.05. The molecule has 0 bridgehead atoms. The number of hydrogen-bond donors (Lipinski definition) is 0. The number of cyclic esters (lactones) is 1. The van der Waals surface area contributed by atoms with Gasteiger partial charge in [0.15, 0.2) is 17.2 Å². The molecular weight excluding hydrogens is 430 g/mol. The number of aryl methyl sites for hydroxylation is 1. The fourth-order valence-electron chi connectivity index (χ4n) is 3.13. The van der Waals surface area contributed by atoms with Crippen molar-refractivity contribution >= 4 is 35.5 Å². The van der Waals surface area contributed by atoms with Gasteiger partial charge in [-0.2, -0.15) is 0 Å². The number of benzene rings is 3. The van der Waals surface area contributed by atoms with Gasteiger partial charge in [-0.05, 0) is 60.5 Å². The predicted molar refractivity (Wildman–Crippen MR) is 121 cm³/mol. The number of aliphatic imine (C=N–C) groups is 1. The van der Waals surface area contributed by atoms with Crippen LogP contribution in [0, 0.1) is 6.92 Å². The number of halogens is 1. The fourth-order valence-corrected chi connectivity index (χ4v) is 3.32. The maximum Gasteiger partial charge on any atom is 0.363 e. The van der Waals surface area contributed by atoms with E-state index in [0.717, 1.165) is 5.56 Å². The molecule has 4 rings (SSSR count).